The summed E-state index contributed by atoms with van der Waals surface area (Å²) in [6.45, 7) is 2.86. The molecule has 1 heterocycles. The van der Waals surface area contributed by atoms with Crippen LogP contribution in [0.1, 0.15) is 11.3 Å². The van der Waals surface area contributed by atoms with E-state index in [9.17, 15) is 0 Å². The number of nitrogens with zero attached hydrogens (tertiary/aromatic N) is 2. The van der Waals surface area contributed by atoms with Gasteiger partial charge in [0.05, 0.1) is 5.69 Å². The highest BCUT2D eigenvalue weighted by Crippen LogP contribution is 2.25. The van der Waals surface area contributed by atoms with Crippen molar-refractivity contribution in [1.29, 1.82) is 0 Å². The third-order valence-corrected chi connectivity index (χ3v) is 3.70. The van der Waals surface area contributed by atoms with Gasteiger partial charge in [-0.25, -0.2) is 4.98 Å². The van der Waals surface area contributed by atoms with E-state index in [2.05, 4.69) is 62.0 Å². The van der Waals surface area contributed by atoms with E-state index >= 15 is 0 Å². The highest BCUT2D eigenvalue weighted by molar-refractivity contribution is 9.10. The predicted molar refractivity (Wildman–Crippen MR) is 73.8 cm³/mol. The van der Waals surface area contributed by atoms with E-state index in [4.69, 9.17) is 0 Å². The van der Waals surface area contributed by atoms with Crippen molar-refractivity contribution in [3.8, 4) is 11.4 Å². The third-order valence-electron chi connectivity index (χ3n) is 2.71. The molecule has 0 aliphatic heterocycles. The molecule has 17 heavy (non-hydrogen) atoms. The molecule has 0 aliphatic carbocycles. The topological polar surface area (TPSA) is 29.9 Å². The molecule has 0 amide bonds. The van der Waals surface area contributed by atoms with E-state index in [-0.39, 0.29) is 0 Å². The summed E-state index contributed by atoms with van der Waals surface area (Å²) in [7, 11) is 3.95. The number of hydrogen-bond donors (Lipinski definition) is 1. The fourth-order valence-corrected chi connectivity index (χ4v) is 2.25. The molecule has 4 heteroatoms. The second kappa shape index (κ2) is 5.02. The molecule has 3 nitrogen and oxygen atoms in total. The average molecular weight is 294 g/mol. The zero-order valence-electron chi connectivity index (χ0n) is 10.3. The first-order valence-electron chi connectivity index (χ1n) is 5.56. The Balaban J connectivity index is 2.49. The van der Waals surface area contributed by atoms with E-state index in [1.165, 1.54) is 5.56 Å². The lowest BCUT2D eigenvalue weighted by atomic mass is 10.1. The SMILES string of the molecule is CNCc1nc(-c2cccc(C)c2)n(C)c1Br. The maximum absolute atomic E-state index is 4.66. The zero-order valence-corrected chi connectivity index (χ0v) is 11.9. The quantitative estimate of drug-likeness (QED) is 0.943. The lowest BCUT2D eigenvalue weighted by Gasteiger charge is -2.03. The molecule has 0 fully saturated rings. The molecule has 0 unspecified atom stereocenters. The summed E-state index contributed by atoms with van der Waals surface area (Å²) in [5.74, 6) is 0.992. The number of nitrogens with one attached hydrogen (secondary N) is 1. The number of aryl methyl sites for hydroxylation is 1. The van der Waals surface area contributed by atoms with Gasteiger partial charge < -0.3 is 9.88 Å². The van der Waals surface area contributed by atoms with Crippen LogP contribution in [0, 0.1) is 6.92 Å². The number of aromatic nitrogens is 2. The van der Waals surface area contributed by atoms with Crippen molar-refractivity contribution in [2.24, 2.45) is 7.05 Å². The van der Waals surface area contributed by atoms with Crippen LogP contribution >= 0.6 is 15.9 Å². The van der Waals surface area contributed by atoms with Gasteiger partial charge in [0.15, 0.2) is 0 Å². The van der Waals surface area contributed by atoms with Crippen molar-refractivity contribution < 1.29 is 0 Å². The molecule has 1 aromatic heterocycles. The molecular formula is C13H16BrN3. The highest BCUT2D eigenvalue weighted by Gasteiger charge is 2.13. The fraction of sp³-hybridized carbons (Fsp3) is 0.308. The Bertz CT molecular complexity index is 531. The van der Waals surface area contributed by atoms with Gasteiger partial charge in [0.1, 0.15) is 10.4 Å². The van der Waals surface area contributed by atoms with Gasteiger partial charge in [-0.15, -0.1) is 0 Å². The smallest absolute Gasteiger partial charge is 0.140 e. The van der Waals surface area contributed by atoms with Crippen LogP contribution in [0.25, 0.3) is 11.4 Å². The van der Waals surface area contributed by atoms with Gasteiger partial charge in [-0.05, 0) is 36.0 Å². The van der Waals surface area contributed by atoms with Crippen LogP contribution in [-0.4, -0.2) is 16.6 Å². The second-order valence-corrected chi connectivity index (χ2v) is 4.88. The normalized spacial score (nSPS) is 10.8. The van der Waals surface area contributed by atoms with Gasteiger partial charge in [0.25, 0.3) is 0 Å². The molecule has 0 aliphatic rings. The molecule has 90 valence electrons. The lowest BCUT2D eigenvalue weighted by molar-refractivity contribution is 0.788. The minimum Gasteiger partial charge on any atom is -0.322 e. The zero-order chi connectivity index (χ0) is 12.4. The minimum atomic E-state index is 0.764. The van der Waals surface area contributed by atoms with Crippen LogP contribution in [-0.2, 0) is 13.6 Å². The second-order valence-electron chi connectivity index (χ2n) is 4.13. The molecule has 0 atom stereocenters. The van der Waals surface area contributed by atoms with E-state index in [1.54, 1.807) is 0 Å². The lowest BCUT2D eigenvalue weighted by Crippen LogP contribution is -2.05. The number of rotatable bonds is 3. The largest absolute Gasteiger partial charge is 0.322 e. The van der Waals surface area contributed by atoms with Crippen LogP contribution in [0.2, 0.25) is 0 Å². The molecule has 2 rings (SSSR count). The molecule has 0 spiro atoms. The van der Waals surface area contributed by atoms with Gasteiger partial charge in [-0.2, -0.15) is 0 Å². The van der Waals surface area contributed by atoms with Crippen molar-refractivity contribution in [2.75, 3.05) is 7.05 Å². The monoisotopic (exact) mass is 293 g/mol. The summed E-state index contributed by atoms with van der Waals surface area (Å²) in [5.41, 5.74) is 3.43. The number of imidazole rings is 1. The Morgan fingerprint density at radius 3 is 2.82 bits per heavy atom. The van der Waals surface area contributed by atoms with E-state index in [0.29, 0.717) is 0 Å². The summed E-state index contributed by atoms with van der Waals surface area (Å²) in [6, 6.07) is 8.39. The van der Waals surface area contributed by atoms with Crippen LogP contribution in [0.4, 0.5) is 0 Å². The van der Waals surface area contributed by atoms with Gasteiger partial charge in [-0.3, -0.25) is 0 Å². The summed E-state index contributed by atoms with van der Waals surface area (Å²) in [5, 5.41) is 3.12. The summed E-state index contributed by atoms with van der Waals surface area (Å²) in [4.78, 5) is 4.66. The van der Waals surface area contributed by atoms with Crippen LogP contribution < -0.4 is 5.32 Å². The molecule has 0 saturated carbocycles. The Labute approximate surface area is 110 Å². The van der Waals surface area contributed by atoms with Crippen molar-refractivity contribution in [3.63, 3.8) is 0 Å². The molecule has 1 aromatic carbocycles. The Morgan fingerprint density at radius 1 is 1.41 bits per heavy atom. The number of hydrogen-bond acceptors (Lipinski definition) is 2. The first-order chi connectivity index (χ1) is 8.13. The summed E-state index contributed by atoms with van der Waals surface area (Å²) < 4.78 is 3.10. The van der Waals surface area contributed by atoms with Gasteiger partial charge >= 0.3 is 0 Å². The first-order valence-corrected chi connectivity index (χ1v) is 6.35. The maximum Gasteiger partial charge on any atom is 0.140 e. The molecule has 1 N–H and O–H groups in total. The Kier molecular flexibility index (Phi) is 3.64. The van der Waals surface area contributed by atoms with Crippen molar-refractivity contribution in [1.82, 2.24) is 14.9 Å². The van der Waals surface area contributed by atoms with E-state index in [1.807, 2.05) is 14.1 Å². The summed E-state index contributed by atoms with van der Waals surface area (Å²) >= 11 is 3.58. The Hall–Kier alpha value is -1.13. The van der Waals surface area contributed by atoms with Gasteiger partial charge in [0, 0.05) is 19.2 Å². The molecule has 2 aromatic rings. The summed E-state index contributed by atoms with van der Waals surface area (Å²) in [6.07, 6.45) is 0. The van der Waals surface area contributed by atoms with Crippen molar-refractivity contribution in [2.45, 2.75) is 13.5 Å². The van der Waals surface area contributed by atoms with E-state index < -0.39 is 0 Å². The Morgan fingerprint density at radius 2 is 2.18 bits per heavy atom. The highest BCUT2D eigenvalue weighted by atomic mass is 79.9. The first kappa shape index (κ1) is 12.3. The van der Waals surface area contributed by atoms with Gasteiger partial charge in [-0.1, -0.05) is 23.8 Å². The van der Waals surface area contributed by atoms with Crippen LogP contribution in [0.5, 0.6) is 0 Å². The van der Waals surface area contributed by atoms with E-state index in [0.717, 1.165) is 28.2 Å². The number of halogens is 1. The molecule has 0 saturated heterocycles. The minimum absolute atomic E-state index is 0.764. The van der Waals surface area contributed by atoms with Crippen molar-refractivity contribution in [3.05, 3.63) is 40.1 Å². The maximum atomic E-state index is 4.66. The van der Waals surface area contributed by atoms with Gasteiger partial charge in [0.2, 0.25) is 0 Å². The fourth-order valence-electron chi connectivity index (χ4n) is 1.86. The van der Waals surface area contributed by atoms with Crippen molar-refractivity contribution >= 4 is 15.9 Å². The van der Waals surface area contributed by atoms with Crippen LogP contribution in [0.15, 0.2) is 28.9 Å². The average Bonchev–Trinajstić information content (AvgIpc) is 2.58. The predicted octanol–water partition coefficient (Wildman–Crippen LogP) is 2.88. The molecule has 0 radical (unpaired) electrons. The standard InChI is InChI=1S/C13H16BrN3/c1-9-5-4-6-10(7-9)13-16-11(8-15-2)12(14)17(13)3/h4-7,15H,8H2,1-3H3. The van der Waals surface area contributed by atoms with Crippen LogP contribution in [0.3, 0.4) is 0 Å². The third kappa shape index (κ3) is 2.42. The number of benzene rings is 1. The molecular weight excluding hydrogens is 278 g/mol. The molecule has 0 bridgehead atoms.